The third-order valence-electron chi connectivity index (χ3n) is 8.85. The maximum atomic E-state index is 13.3. The molecular weight excluding hydrogens is 669 g/mol. The van der Waals surface area contributed by atoms with Crippen LogP contribution in [0.4, 0.5) is 10.1 Å². The summed E-state index contributed by atoms with van der Waals surface area (Å²) >= 11 is 0. The molecule has 0 N–H and O–H groups in total. The van der Waals surface area contributed by atoms with Gasteiger partial charge in [-0.3, -0.25) is 19.2 Å². The number of ether oxygens (including phenoxy) is 4. The Labute approximate surface area is 300 Å². The number of ketones is 1. The summed E-state index contributed by atoms with van der Waals surface area (Å²) in [6, 6.07) is 22.9. The lowest BCUT2D eigenvalue weighted by Gasteiger charge is -2.26. The van der Waals surface area contributed by atoms with Gasteiger partial charge in [0.25, 0.3) is 5.91 Å². The number of carbonyl (C=O) groups is 5. The van der Waals surface area contributed by atoms with E-state index in [1.165, 1.54) is 62.8 Å². The summed E-state index contributed by atoms with van der Waals surface area (Å²) in [5.41, 5.74) is 2.11. The molecular formula is C41H38FNO9. The predicted octanol–water partition coefficient (Wildman–Crippen LogP) is 7.50. The van der Waals surface area contributed by atoms with Gasteiger partial charge in [0.05, 0.1) is 31.6 Å². The highest BCUT2D eigenvalue weighted by Gasteiger charge is 2.32. The van der Waals surface area contributed by atoms with Gasteiger partial charge in [-0.1, -0.05) is 0 Å². The van der Waals surface area contributed by atoms with Gasteiger partial charge >= 0.3 is 17.9 Å². The lowest BCUT2D eigenvalue weighted by molar-refractivity contribution is -0.145. The average molecular weight is 708 g/mol. The normalized spacial score (nSPS) is 15.4. The molecule has 0 aromatic heterocycles. The summed E-state index contributed by atoms with van der Waals surface area (Å²) in [4.78, 5) is 65.3. The number of halogens is 1. The van der Waals surface area contributed by atoms with E-state index in [0.717, 1.165) is 0 Å². The first-order valence-electron chi connectivity index (χ1n) is 16.8. The van der Waals surface area contributed by atoms with Crippen molar-refractivity contribution in [1.82, 2.24) is 0 Å². The highest BCUT2D eigenvalue weighted by molar-refractivity contribution is 6.07. The van der Waals surface area contributed by atoms with E-state index in [0.29, 0.717) is 71.7 Å². The van der Waals surface area contributed by atoms with Gasteiger partial charge < -0.3 is 23.8 Å². The number of nitrogens with zero attached hydrogens (tertiary/aromatic N) is 1. The van der Waals surface area contributed by atoms with E-state index in [4.69, 9.17) is 18.9 Å². The molecule has 0 saturated heterocycles. The summed E-state index contributed by atoms with van der Waals surface area (Å²) < 4.78 is 34.7. The fourth-order valence-corrected chi connectivity index (χ4v) is 5.87. The lowest BCUT2D eigenvalue weighted by atomic mass is 9.82. The Morgan fingerprint density at radius 3 is 1.85 bits per heavy atom. The number of anilines is 1. The van der Waals surface area contributed by atoms with Crippen molar-refractivity contribution in [2.24, 2.45) is 11.8 Å². The van der Waals surface area contributed by atoms with Gasteiger partial charge in [-0.25, -0.2) is 9.18 Å². The lowest BCUT2D eigenvalue weighted by Crippen LogP contribution is -2.31. The first kappa shape index (κ1) is 37.2. The molecule has 11 heteroatoms. The quantitative estimate of drug-likeness (QED) is 0.0637. The van der Waals surface area contributed by atoms with Crippen molar-refractivity contribution in [2.75, 3.05) is 25.7 Å². The smallest absolute Gasteiger partial charge is 0.337 e. The Hall–Kier alpha value is -6.10. The second kappa shape index (κ2) is 17.2. The first-order chi connectivity index (χ1) is 25.1. The summed E-state index contributed by atoms with van der Waals surface area (Å²) in [6.07, 6.45) is 4.56. The van der Waals surface area contributed by atoms with Crippen LogP contribution in [-0.4, -0.2) is 50.4 Å². The second-order valence-electron chi connectivity index (χ2n) is 12.1. The molecule has 0 unspecified atom stereocenters. The summed E-state index contributed by atoms with van der Waals surface area (Å²) in [5, 5.41) is 0. The number of hydrogen-bond acceptors (Lipinski definition) is 9. The van der Waals surface area contributed by atoms with Crippen LogP contribution in [0.3, 0.4) is 0 Å². The third kappa shape index (κ3) is 9.16. The zero-order valence-electron chi connectivity index (χ0n) is 29.0. The molecule has 1 fully saturated rings. The van der Waals surface area contributed by atoms with Gasteiger partial charge in [0.1, 0.15) is 23.1 Å². The maximum Gasteiger partial charge on any atom is 0.337 e. The number of hydrogen-bond donors (Lipinski definition) is 0. The second-order valence-corrected chi connectivity index (χ2v) is 12.1. The van der Waals surface area contributed by atoms with Crippen LogP contribution in [0.5, 0.6) is 17.2 Å². The Balaban J connectivity index is 1.14. The van der Waals surface area contributed by atoms with E-state index < -0.39 is 35.6 Å². The van der Waals surface area contributed by atoms with Crippen molar-refractivity contribution in [3.05, 3.63) is 125 Å². The minimum absolute atomic E-state index is 0.249. The van der Waals surface area contributed by atoms with Crippen LogP contribution < -0.4 is 19.1 Å². The molecule has 1 aliphatic rings. The monoisotopic (exact) mass is 707 g/mol. The summed E-state index contributed by atoms with van der Waals surface area (Å²) in [7, 11) is 2.79. The molecule has 1 amide bonds. The van der Waals surface area contributed by atoms with Crippen LogP contribution in [0.15, 0.2) is 97.1 Å². The van der Waals surface area contributed by atoms with Crippen LogP contribution in [0.1, 0.15) is 69.2 Å². The average Bonchev–Trinajstić information content (AvgIpc) is 3.18. The SMILES string of the molecule is CCN(C(=O)c1ccc(C(=O)OC)cc1)c1ccc(OC(=O)C2CCC(C(=O)Oc3ccc(OC)cc3/C=C/C(=O)c3ccc(F)cc3)CC2)cc1. The number of rotatable bonds is 12. The van der Waals surface area contributed by atoms with Crippen molar-refractivity contribution in [2.45, 2.75) is 32.6 Å². The Kier molecular flexibility index (Phi) is 12.3. The molecule has 1 aliphatic carbocycles. The van der Waals surface area contributed by atoms with E-state index in [2.05, 4.69) is 0 Å². The van der Waals surface area contributed by atoms with Crippen LogP contribution in [0.25, 0.3) is 6.08 Å². The number of carbonyl (C=O) groups excluding carboxylic acids is 5. The minimum atomic E-state index is -0.489. The number of amides is 1. The van der Waals surface area contributed by atoms with E-state index in [1.54, 1.807) is 59.5 Å². The highest BCUT2D eigenvalue weighted by atomic mass is 19.1. The summed E-state index contributed by atoms with van der Waals surface area (Å²) in [6.45, 7) is 2.23. The zero-order chi connectivity index (χ0) is 37.2. The van der Waals surface area contributed by atoms with Crippen molar-refractivity contribution in [3.63, 3.8) is 0 Å². The number of esters is 3. The Morgan fingerprint density at radius 2 is 1.27 bits per heavy atom. The molecule has 268 valence electrons. The third-order valence-corrected chi connectivity index (χ3v) is 8.85. The van der Waals surface area contributed by atoms with E-state index in [-0.39, 0.29) is 17.4 Å². The molecule has 5 rings (SSSR count). The zero-order valence-corrected chi connectivity index (χ0v) is 29.0. The van der Waals surface area contributed by atoms with Gasteiger partial charge in [-0.05, 0) is 136 Å². The molecule has 0 spiro atoms. The van der Waals surface area contributed by atoms with Gasteiger partial charge in [0.15, 0.2) is 5.78 Å². The van der Waals surface area contributed by atoms with Crippen molar-refractivity contribution in [1.29, 1.82) is 0 Å². The fourth-order valence-electron chi connectivity index (χ4n) is 5.87. The van der Waals surface area contributed by atoms with Crippen LogP contribution in [-0.2, 0) is 14.3 Å². The minimum Gasteiger partial charge on any atom is -0.497 e. The molecule has 0 atom stereocenters. The molecule has 10 nitrogen and oxygen atoms in total. The molecule has 0 bridgehead atoms. The number of benzene rings is 4. The number of allylic oxidation sites excluding steroid dienone is 1. The van der Waals surface area contributed by atoms with E-state index in [1.807, 2.05) is 6.92 Å². The molecule has 1 saturated carbocycles. The van der Waals surface area contributed by atoms with Crippen molar-refractivity contribution < 1.29 is 47.3 Å². The Bertz CT molecular complexity index is 1950. The predicted molar refractivity (Wildman–Crippen MR) is 191 cm³/mol. The molecule has 52 heavy (non-hydrogen) atoms. The standard InChI is InChI=1S/C41H38FNO9/c1-4-43(38(45)27-5-7-28(8-6-27)39(46)50-3)33-18-20-34(21-19-33)51-40(47)29-9-11-30(12-10-29)41(48)52-37-24-22-35(49-2)25-31(37)15-23-36(44)26-13-16-32(42)17-14-26/h5-8,13-25,29-30H,4,9-12H2,1-3H3/b23-15+. The molecule has 0 heterocycles. The largest absolute Gasteiger partial charge is 0.497 e. The van der Waals surface area contributed by atoms with Gasteiger partial charge in [0, 0.05) is 28.9 Å². The van der Waals surface area contributed by atoms with Crippen molar-refractivity contribution >= 4 is 41.4 Å². The summed E-state index contributed by atoms with van der Waals surface area (Å²) in [5.74, 6) is -2.13. The van der Waals surface area contributed by atoms with Crippen LogP contribution >= 0.6 is 0 Å². The fraction of sp³-hybridized carbons (Fsp3) is 0.244. The van der Waals surface area contributed by atoms with Gasteiger partial charge in [-0.2, -0.15) is 0 Å². The van der Waals surface area contributed by atoms with Gasteiger partial charge in [0.2, 0.25) is 0 Å². The molecule has 0 radical (unpaired) electrons. The van der Waals surface area contributed by atoms with E-state index >= 15 is 0 Å². The Morgan fingerprint density at radius 1 is 0.712 bits per heavy atom. The van der Waals surface area contributed by atoms with Crippen LogP contribution in [0, 0.1) is 17.7 Å². The van der Waals surface area contributed by atoms with E-state index in [9.17, 15) is 28.4 Å². The highest BCUT2D eigenvalue weighted by Crippen LogP contribution is 2.33. The van der Waals surface area contributed by atoms with Gasteiger partial charge in [-0.15, -0.1) is 0 Å². The van der Waals surface area contributed by atoms with Crippen LogP contribution in [0.2, 0.25) is 0 Å². The molecule has 4 aromatic carbocycles. The van der Waals surface area contributed by atoms with Crippen molar-refractivity contribution in [3.8, 4) is 17.2 Å². The topological polar surface area (TPSA) is 126 Å². The molecule has 4 aromatic rings. The molecule has 0 aliphatic heterocycles. The first-order valence-corrected chi connectivity index (χ1v) is 16.8. The maximum absolute atomic E-state index is 13.3. The number of methoxy groups -OCH3 is 2.